The maximum absolute atomic E-state index is 11.4. The number of allylic oxidation sites excluding steroid dienone is 3. The Morgan fingerprint density at radius 3 is 2.71 bits per heavy atom. The van der Waals surface area contributed by atoms with E-state index in [4.69, 9.17) is 4.74 Å². The Kier molecular flexibility index (Phi) is 4.79. The summed E-state index contributed by atoms with van der Waals surface area (Å²) >= 11 is 0. The third-order valence-electron chi connectivity index (χ3n) is 2.49. The Morgan fingerprint density at radius 1 is 1.41 bits per heavy atom. The van der Waals surface area contributed by atoms with E-state index in [1.54, 1.807) is 0 Å². The predicted molar refractivity (Wildman–Crippen MR) is 69.9 cm³/mol. The molecule has 0 atom stereocenters. The van der Waals surface area contributed by atoms with Crippen molar-refractivity contribution in [1.29, 1.82) is 0 Å². The molecule has 0 spiro atoms. The average Bonchev–Trinajstić information content (AvgIpc) is 2.14. The molecule has 0 saturated heterocycles. The minimum absolute atomic E-state index is 0.332. The lowest BCUT2D eigenvalue weighted by Crippen LogP contribution is -2.33. The molecule has 0 bridgehead atoms. The molecule has 1 amide bonds. The number of carbonyl (C=O) groups is 1. The molecular formula is C14H23NO2. The molecule has 0 aromatic rings. The number of carbonyl (C=O) groups excluding carboxylic acids is 1. The molecule has 3 heteroatoms. The van der Waals surface area contributed by atoms with Crippen molar-refractivity contribution in [1.82, 2.24) is 5.32 Å². The highest BCUT2D eigenvalue weighted by Crippen LogP contribution is 2.19. The standard InChI is InChI=1S/C14H23NO2/c1-11-6-5-7-12(10-11)8-9-15-13(16)17-14(2,3)4/h6-7H,5,8-10H2,1-4H3,(H,15,16). The molecule has 1 aliphatic rings. The van der Waals surface area contributed by atoms with Gasteiger partial charge in [-0.3, -0.25) is 0 Å². The van der Waals surface area contributed by atoms with Crippen LogP contribution in [-0.4, -0.2) is 18.2 Å². The first-order chi connectivity index (χ1) is 7.87. The van der Waals surface area contributed by atoms with Crippen molar-refractivity contribution in [3.63, 3.8) is 0 Å². The second kappa shape index (κ2) is 5.89. The molecule has 3 nitrogen and oxygen atoms in total. The van der Waals surface area contributed by atoms with E-state index in [0.717, 1.165) is 19.3 Å². The number of amides is 1. The fourth-order valence-corrected chi connectivity index (χ4v) is 1.76. The minimum atomic E-state index is -0.423. The highest BCUT2D eigenvalue weighted by molar-refractivity contribution is 5.67. The maximum Gasteiger partial charge on any atom is 0.407 e. The van der Waals surface area contributed by atoms with E-state index in [0.29, 0.717) is 6.54 Å². The number of nitrogens with one attached hydrogen (secondary N) is 1. The van der Waals surface area contributed by atoms with Crippen molar-refractivity contribution in [2.45, 2.75) is 52.6 Å². The van der Waals surface area contributed by atoms with Crippen molar-refractivity contribution in [3.05, 3.63) is 23.3 Å². The molecule has 1 rings (SSSR count). The summed E-state index contributed by atoms with van der Waals surface area (Å²) in [5.74, 6) is 0. The summed E-state index contributed by atoms with van der Waals surface area (Å²) in [6, 6.07) is 0. The normalized spacial score (nSPS) is 16.0. The number of hydrogen-bond donors (Lipinski definition) is 1. The van der Waals surface area contributed by atoms with Crippen LogP contribution in [0.1, 0.15) is 47.0 Å². The van der Waals surface area contributed by atoms with E-state index in [-0.39, 0.29) is 6.09 Å². The fourth-order valence-electron chi connectivity index (χ4n) is 1.76. The van der Waals surface area contributed by atoms with E-state index in [1.165, 1.54) is 11.1 Å². The van der Waals surface area contributed by atoms with Gasteiger partial charge >= 0.3 is 6.09 Å². The zero-order valence-electron chi connectivity index (χ0n) is 11.3. The van der Waals surface area contributed by atoms with Crippen LogP contribution >= 0.6 is 0 Å². The van der Waals surface area contributed by atoms with E-state index >= 15 is 0 Å². The summed E-state index contributed by atoms with van der Waals surface area (Å²) in [5.41, 5.74) is 2.40. The summed E-state index contributed by atoms with van der Waals surface area (Å²) in [4.78, 5) is 11.4. The predicted octanol–water partition coefficient (Wildman–Crippen LogP) is 3.57. The zero-order valence-corrected chi connectivity index (χ0v) is 11.3. The first-order valence-corrected chi connectivity index (χ1v) is 6.17. The van der Waals surface area contributed by atoms with Crippen molar-refractivity contribution < 1.29 is 9.53 Å². The van der Waals surface area contributed by atoms with Crippen molar-refractivity contribution in [2.75, 3.05) is 6.54 Å². The van der Waals surface area contributed by atoms with Crippen molar-refractivity contribution in [2.24, 2.45) is 0 Å². The van der Waals surface area contributed by atoms with Gasteiger partial charge in [0.05, 0.1) is 0 Å². The molecule has 0 radical (unpaired) electrons. The highest BCUT2D eigenvalue weighted by Gasteiger charge is 2.15. The SMILES string of the molecule is CC1=CCC=C(CCNC(=O)OC(C)(C)C)C1. The van der Waals surface area contributed by atoms with Gasteiger partial charge in [0.25, 0.3) is 0 Å². The van der Waals surface area contributed by atoms with E-state index in [9.17, 15) is 4.79 Å². The quantitative estimate of drug-likeness (QED) is 0.762. The van der Waals surface area contributed by atoms with Gasteiger partial charge in [0.1, 0.15) is 5.60 Å². The number of alkyl carbamates (subject to hydrolysis) is 1. The fraction of sp³-hybridized carbons (Fsp3) is 0.643. The monoisotopic (exact) mass is 237 g/mol. The number of rotatable bonds is 3. The Morgan fingerprint density at radius 2 is 2.12 bits per heavy atom. The summed E-state index contributed by atoms with van der Waals surface area (Å²) in [5, 5.41) is 2.78. The van der Waals surface area contributed by atoms with Gasteiger partial charge in [-0.1, -0.05) is 23.3 Å². The number of ether oxygens (including phenoxy) is 1. The Balaban J connectivity index is 2.20. The van der Waals surface area contributed by atoms with Crippen LogP contribution in [0.2, 0.25) is 0 Å². The molecule has 0 aliphatic heterocycles. The van der Waals surface area contributed by atoms with Crippen molar-refractivity contribution >= 4 is 6.09 Å². The van der Waals surface area contributed by atoms with Crippen LogP contribution in [0.15, 0.2) is 23.3 Å². The summed E-state index contributed by atoms with van der Waals surface area (Å²) in [6.45, 7) is 8.39. The first-order valence-electron chi connectivity index (χ1n) is 6.17. The van der Waals surface area contributed by atoms with Gasteiger partial charge in [-0.15, -0.1) is 0 Å². The van der Waals surface area contributed by atoms with Crippen LogP contribution in [0.4, 0.5) is 4.79 Å². The molecule has 0 unspecified atom stereocenters. The topological polar surface area (TPSA) is 38.3 Å². The van der Waals surface area contributed by atoms with Gasteiger partial charge in [-0.2, -0.15) is 0 Å². The van der Waals surface area contributed by atoms with Gasteiger partial charge in [0.2, 0.25) is 0 Å². The van der Waals surface area contributed by atoms with Crippen LogP contribution < -0.4 is 5.32 Å². The molecule has 0 saturated carbocycles. The Labute approximate surface area is 104 Å². The lowest BCUT2D eigenvalue weighted by molar-refractivity contribution is 0.0528. The molecule has 17 heavy (non-hydrogen) atoms. The van der Waals surface area contributed by atoms with Crippen LogP contribution in [0.5, 0.6) is 0 Å². The van der Waals surface area contributed by atoms with Gasteiger partial charge in [0, 0.05) is 6.54 Å². The maximum atomic E-state index is 11.4. The van der Waals surface area contributed by atoms with Crippen LogP contribution in [0.25, 0.3) is 0 Å². The zero-order chi connectivity index (χ0) is 12.9. The Bertz CT molecular complexity index is 335. The number of hydrogen-bond acceptors (Lipinski definition) is 2. The second-order valence-electron chi connectivity index (χ2n) is 5.50. The van der Waals surface area contributed by atoms with Gasteiger partial charge in [-0.05, 0) is 47.0 Å². The highest BCUT2D eigenvalue weighted by atomic mass is 16.6. The largest absolute Gasteiger partial charge is 0.444 e. The van der Waals surface area contributed by atoms with Gasteiger partial charge < -0.3 is 10.1 Å². The van der Waals surface area contributed by atoms with Gasteiger partial charge in [0.15, 0.2) is 0 Å². The molecule has 1 N–H and O–H groups in total. The van der Waals surface area contributed by atoms with E-state index in [2.05, 4.69) is 24.4 Å². The molecule has 0 aromatic heterocycles. The molecule has 0 fully saturated rings. The lowest BCUT2D eigenvalue weighted by Gasteiger charge is -2.20. The van der Waals surface area contributed by atoms with Crippen LogP contribution in [0.3, 0.4) is 0 Å². The molecule has 96 valence electrons. The smallest absolute Gasteiger partial charge is 0.407 e. The molecule has 0 aromatic carbocycles. The van der Waals surface area contributed by atoms with E-state index < -0.39 is 5.60 Å². The summed E-state index contributed by atoms with van der Waals surface area (Å²) < 4.78 is 5.17. The lowest BCUT2D eigenvalue weighted by atomic mass is 9.97. The third kappa shape index (κ3) is 6.15. The summed E-state index contributed by atoms with van der Waals surface area (Å²) in [7, 11) is 0. The van der Waals surface area contributed by atoms with Crippen LogP contribution in [-0.2, 0) is 4.74 Å². The van der Waals surface area contributed by atoms with Gasteiger partial charge in [-0.25, -0.2) is 4.79 Å². The second-order valence-corrected chi connectivity index (χ2v) is 5.50. The minimum Gasteiger partial charge on any atom is -0.444 e. The Hall–Kier alpha value is -1.25. The van der Waals surface area contributed by atoms with Crippen molar-refractivity contribution in [3.8, 4) is 0 Å². The first kappa shape index (κ1) is 13.8. The molecule has 0 heterocycles. The molecule has 1 aliphatic carbocycles. The summed E-state index contributed by atoms with van der Waals surface area (Å²) in [6.07, 6.45) is 7.11. The third-order valence-corrected chi connectivity index (χ3v) is 2.49. The average molecular weight is 237 g/mol. The molecular weight excluding hydrogens is 214 g/mol. The van der Waals surface area contributed by atoms with E-state index in [1.807, 2.05) is 20.8 Å². The van der Waals surface area contributed by atoms with Crippen LogP contribution in [0, 0.1) is 0 Å².